The summed E-state index contributed by atoms with van der Waals surface area (Å²) in [6.07, 6.45) is 0.413. The maximum absolute atomic E-state index is 11.5. The standard InChI is InChI=1S/C13H18N2O4/c1-14-7-6-12(17)15-11(13(18)19)8-9-2-4-10(16)5-3-9/h2-5,11,14,16H,6-8H2,1H3,(H,15,17)(H,18,19)/t11-/m1/s1. The minimum atomic E-state index is -1.08. The summed E-state index contributed by atoms with van der Waals surface area (Å²) >= 11 is 0. The molecule has 0 radical (unpaired) electrons. The molecule has 0 fully saturated rings. The van der Waals surface area contributed by atoms with Crippen molar-refractivity contribution in [2.24, 2.45) is 0 Å². The first kappa shape index (κ1) is 15.0. The molecule has 0 saturated carbocycles. The highest BCUT2D eigenvalue weighted by molar-refractivity contribution is 5.83. The molecule has 0 heterocycles. The van der Waals surface area contributed by atoms with Gasteiger partial charge < -0.3 is 20.8 Å². The van der Waals surface area contributed by atoms with Gasteiger partial charge in [-0.05, 0) is 24.7 Å². The van der Waals surface area contributed by atoms with Crippen molar-refractivity contribution >= 4 is 11.9 Å². The molecule has 104 valence electrons. The molecule has 1 aromatic rings. The van der Waals surface area contributed by atoms with Gasteiger partial charge in [-0.2, -0.15) is 0 Å². The van der Waals surface area contributed by atoms with Crippen LogP contribution >= 0.6 is 0 Å². The van der Waals surface area contributed by atoms with Gasteiger partial charge in [-0.3, -0.25) is 4.79 Å². The molecule has 4 N–H and O–H groups in total. The predicted molar refractivity (Wildman–Crippen MR) is 69.9 cm³/mol. The Balaban J connectivity index is 2.60. The second kappa shape index (κ2) is 7.38. The van der Waals surface area contributed by atoms with E-state index >= 15 is 0 Å². The molecule has 0 aliphatic rings. The Morgan fingerprint density at radius 3 is 2.42 bits per heavy atom. The van der Waals surface area contributed by atoms with Gasteiger partial charge in [0.1, 0.15) is 11.8 Å². The Hall–Kier alpha value is -2.08. The number of carbonyl (C=O) groups excluding carboxylic acids is 1. The summed E-state index contributed by atoms with van der Waals surface area (Å²) < 4.78 is 0. The van der Waals surface area contributed by atoms with Gasteiger partial charge in [0.25, 0.3) is 0 Å². The number of nitrogens with one attached hydrogen (secondary N) is 2. The van der Waals surface area contributed by atoms with E-state index in [1.807, 2.05) is 0 Å². The minimum Gasteiger partial charge on any atom is -0.508 e. The number of phenolic OH excluding ortho intramolecular Hbond substituents is 1. The van der Waals surface area contributed by atoms with Crippen LogP contribution in [0.3, 0.4) is 0 Å². The molecular formula is C13H18N2O4. The third-order valence-electron chi connectivity index (χ3n) is 2.61. The normalized spacial score (nSPS) is 11.8. The van der Waals surface area contributed by atoms with Crippen LogP contribution in [-0.4, -0.2) is 41.7 Å². The maximum Gasteiger partial charge on any atom is 0.326 e. The lowest BCUT2D eigenvalue weighted by atomic mass is 10.1. The quantitative estimate of drug-likeness (QED) is 0.561. The predicted octanol–water partition coefficient (Wildman–Crippen LogP) is 0.114. The van der Waals surface area contributed by atoms with E-state index in [1.54, 1.807) is 19.2 Å². The monoisotopic (exact) mass is 266 g/mol. The molecule has 0 aromatic heterocycles. The summed E-state index contributed by atoms with van der Waals surface area (Å²) in [5.41, 5.74) is 0.735. The molecule has 1 rings (SSSR count). The van der Waals surface area contributed by atoms with E-state index in [4.69, 9.17) is 10.2 Å². The molecule has 1 aromatic carbocycles. The molecular weight excluding hydrogens is 248 g/mol. The Labute approximate surface area is 111 Å². The van der Waals surface area contributed by atoms with Gasteiger partial charge in [0, 0.05) is 19.4 Å². The summed E-state index contributed by atoms with van der Waals surface area (Å²) in [6, 6.07) is 5.26. The van der Waals surface area contributed by atoms with Gasteiger partial charge in [0.2, 0.25) is 5.91 Å². The largest absolute Gasteiger partial charge is 0.508 e. The Bertz CT molecular complexity index is 431. The summed E-state index contributed by atoms with van der Waals surface area (Å²) in [7, 11) is 1.72. The van der Waals surface area contributed by atoms with Crippen molar-refractivity contribution in [2.45, 2.75) is 18.9 Å². The first-order valence-corrected chi connectivity index (χ1v) is 5.97. The van der Waals surface area contributed by atoms with Crippen molar-refractivity contribution in [3.63, 3.8) is 0 Å². The van der Waals surface area contributed by atoms with Crippen LogP contribution in [-0.2, 0) is 16.0 Å². The van der Waals surface area contributed by atoms with Crippen LogP contribution in [0.2, 0.25) is 0 Å². The highest BCUT2D eigenvalue weighted by atomic mass is 16.4. The van der Waals surface area contributed by atoms with Crippen molar-refractivity contribution in [3.8, 4) is 5.75 Å². The van der Waals surface area contributed by atoms with Crippen LogP contribution in [0, 0.1) is 0 Å². The topological polar surface area (TPSA) is 98.7 Å². The lowest BCUT2D eigenvalue weighted by molar-refractivity contribution is -0.141. The molecule has 1 atom stereocenters. The van der Waals surface area contributed by atoms with Gasteiger partial charge in [0.15, 0.2) is 0 Å². The van der Waals surface area contributed by atoms with E-state index in [1.165, 1.54) is 12.1 Å². The Morgan fingerprint density at radius 2 is 1.89 bits per heavy atom. The van der Waals surface area contributed by atoms with Crippen LogP contribution in [0.25, 0.3) is 0 Å². The minimum absolute atomic E-state index is 0.119. The summed E-state index contributed by atoms with van der Waals surface area (Å²) in [4.78, 5) is 22.6. The number of carboxylic acid groups (broad SMARTS) is 1. The number of phenols is 1. The third-order valence-corrected chi connectivity index (χ3v) is 2.61. The van der Waals surface area contributed by atoms with E-state index in [-0.39, 0.29) is 24.5 Å². The third kappa shape index (κ3) is 5.39. The molecule has 0 spiro atoms. The van der Waals surface area contributed by atoms with Crippen LogP contribution in [0.1, 0.15) is 12.0 Å². The highest BCUT2D eigenvalue weighted by Crippen LogP contribution is 2.11. The van der Waals surface area contributed by atoms with Gasteiger partial charge in [-0.25, -0.2) is 4.79 Å². The zero-order chi connectivity index (χ0) is 14.3. The fourth-order valence-electron chi connectivity index (χ4n) is 1.57. The molecule has 1 amide bonds. The number of rotatable bonds is 7. The number of hydrogen-bond acceptors (Lipinski definition) is 4. The number of aliphatic carboxylic acids is 1. The zero-order valence-corrected chi connectivity index (χ0v) is 10.7. The van der Waals surface area contributed by atoms with Crippen LogP contribution in [0.15, 0.2) is 24.3 Å². The van der Waals surface area contributed by atoms with E-state index < -0.39 is 12.0 Å². The molecule has 0 aliphatic carbocycles. The molecule has 0 unspecified atom stereocenters. The number of carboxylic acids is 1. The number of benzene rings is 1. The summed E-state index contributed by atoms with van der Waals surface area (Å²) in [5, 5.41) is 23.5. The second-order valence-electron chi connectivity index (χ2n) is 4.18. The molecule has 19 heavy (non-hydrogen) atoms. The summed E-state index contributed by atoms with van der Waals surface area (Å²) in [5.74, 6) is -1.26. The second-order valence-corrected chi connectivity index (χ2v) is 4.18. The fourth-order valence-corrected chi connectivity index (χ4v) is 1.57. The molecule has 0 bridgehead atoms. The number of aromatic hydroxyl groups is 1. The van der Waals surface area contributed by atoms with E-state index in [9.17, 15) is 9.59 Å². The van der Waals surface area contributed by atoms with Crippen LogP contribution < -0.4 is 10.6 Å². The SMILES string of the molecule is CNCCC(=O)N[C@H](Cc1ccc(O)cc1)C(=O)O. The van der Waals surface area contributed by atoms with E-state index in [0.717, 1.165) is 5.56 Å². The average molecular weight is 266 g/mol. The van der Waals surface area contributed by atoms with Gasteiger partial charge >= 0.3 is 5.97 Å². The van der Waals surface area contributed by atoms with Gasteiger partial charge in [-0.1, -0.05) is 12.1 Å². The van der Waals surface area contributed by atoms with Crippen molar-refractivity contribution in [1.82, 2.24) is 10.6 Å². The maximum atomic E-state index is 11.5. The average Bonchev–Trinajstić information content (AvgIpc) is 2.38. The van der Waals surface area contributed by atoms with Crippen LogP contribution in [0.5, 0.6) is 5.75 Å². The first-order valence-electron chi connectivity index (χ1n) is 5.97. The Morgan fingerprint density at radius 1 is 1.26 bits per heavy atom. The van der Waals surface area contributed by atoms with E-state index in [0.29, 0.717) is 6.54 Å². The number of amides is 1. The lowest BCUT2D eigenvalue weighted by Crippen LogP contribution is -2.43. The van der Waals surface area contributed by atoms with Crippen molar-refractivity contribution in [3.05, 3.63) is 29.8 Å². The smallest absolute Gasteiger partial charge is 0.326 e. The number of hydrogen-bond donors (Lipinski definition) is 4. The van der Waals surface area contributed by atoms with Crippen molar-refractivity contribution in [2.75, 3.05) is 13.6 Å². The van der Waals surface area contributed by atoms with Gasteiger partial charge in [0.05, 0.1) is 0 Å². The van der Waals surface area contributed by atoms with Crippen molar-refractivity contribution in [1.29, 1.82) is 0 Å². The molecule has 6 nitrogen and oxygen atoms in total. The molecule has 6 heteroatoms. The summed E-state index contributed by atoms with van der Waals surface area (Å²) in [6.45, 7) is 0.497. The molecule has 0 aliphatic heterocycles. The van der Waals surface area contributed by atoms with Gasteiger partial charge in [-0.15, -0.1) is 0 Å². The Kier molecular flexibility index (Phi) is 5.81. The zero-order valence-electron chi connectivity index (χ0n) is 10.7. The van der Waals surface area contributed by atoms with Crippen LogP contribution in [0.4, 0.5) is 0 Å². The molecule has 0 saturated heterocycles. The lowest BCUT2D eigenvalue weighted by Gasteiger charge is -2.14. The highest BCUT2D eigenvalue weighted by Gasteiger charge is 2.19. The van der Waals surface area contributed by atoms with E-state index in [2.05, 4.69) is 10.6 Å². The van der Waals surface area contributed by atoms with Crippen molar-refractivity contribution < 1.29 is 19.8 Å². The fraction of sp³-hybridized carbons (Fsp3) is 0.385. The number of carbonyl (C=O) groups is 2. The first-order chi connectivity index (χ1) is 9.02.